The fourth-order valence-corrected chi connectivity index (χ4v) is 2.52. The van der Waals surface area contributed by atoms with Gasteiger partial charge in [0.15, 0.2) is 5.78 Å². The monoisotopic (exact) mass is 267 g/mol. The molecule has 19 heavy (non-hydrogen) atoms. The lowest BCUT2D eigenvalue weighted by Crippen LogP contribution is -2.49. The van der Waals surface area contributed by atoms with Gasteiger partial charge in [-0.2, -0.15) is 0 Å². The van der Waals surface area contributed by atoms with Crippen LogP contribution in [0.25, 0.3) is 0 Å². The zero-order chi connectivity index (χ0) is 14.0. The van der Waals surface area contributed by atoms with Crippen molar-refractivity contribution in [3.8, 4) is 0 Å². The lowest BCUT2D eigenvalue weighted by Gasteiger charge is -2.34. The van der Waals surface area contributed by atoms with Gasteiger partial charge in [-0.1, -0.05) is 0 Å². The first-order valence-corrected chi connectivity index (χ1v) is 6.63. The minimum Gasteiger partial charge on any atom is -0.297 e. The van der Waals surface area contributed by atoms with Crippen LogP contribution >= 0.6 is 0 Å². The number of benzene rings is 1. The minimum absolute atomic E-state index is 0.0624. The van der Waals surface area contributed by atoms with E-state index >= 15 is 0 Å². The van der Waals surface area contributed by atoms with Crippen LogP contribution in [0.3, 0.4) is 0 Å². The molecule has 1 saturated heterocycles. The lowest BCUT2D eigenvalue weighted by molar-refractivity contribution is -0.128. The van der Waals surface area contributed by atoms with Gasteiger partial charge in [-0.15, -0.1) is 0 Å². The van der Waals surface area contributed by atoms with Gasteiger partial charge in [-0.05, 0) is 63.5 Å². The summed E-state index contributed by atoms with van der Waals surface area (Å²) in [5.41, 5.74) is -0.479. The van der Waals surface area contributed by atoms with E-state index in [2.05, 4.69) is 4.90 Å². The summed E-state index contributed by atoms with van der Waals surface area (Å²) in [6.07, 6.45) is 2.11. The molecule has 4 heteroatoms. The van der Waals surface area contributed by atoms with Crippen LogP contribution in [-0.4, -0.2) is 29.3 Å². The molecule has 1 fully saturated rings. The van der Waals surface area contributed by atoms with Crippen LogP contribution in [-0.2, 0) is 11.2 Å². The third-order valence-electron chi connectivity index (χ3n) is 3.94. The number of nitrogens with zero attached hydrogens (tertiary/aromatic N) is 1. The molecular formula is C15H19F2NO. The number of rotatable bonds is 4. The van der Waals surface area contributed by atoms with Gasteiger partial charge in [-0.3, -0.25) is 9.69 Å². The number of hydrogen-bond donors (Lipinski definition) is 0. The second-order valence-corrected chi connectivity index (χ2v) is 5.59. The van der Waals surface area contributed by atoms with Crippen LogP contribution < -0.4 is 0 Å². The van der Waals surface area contributed by atoms with Gasteiger partial charge in [0.25, 0.3) is 0 Å². The summed E-state index contributed by atoms with van der Waals surface area (Å²) in [5, 5.41) is 0. The molecule has 1 aromatic carbocycles. The molecular weight excluding hydrogens is 248 g/mol. The van der Waals surface area contributed by atoms with Gasteiger partial charge in [0.05, 0.1) is 5.54 Å². The summed E-state index contributed by atoms with van der Waals surface area (Å²) < 4.78 is 26.7. The van der Waals surface area contributed by atoms with E-state index in [-0.39, 0.29) is 17.8 Å². The van der Waals surface area contributed by atoms with Crippen molar-refractivity contribution in [3.05, 3.63) is 35.4 Å². The summed E-state index contributed by atoms with van der Waals surface area (Å²) >= 11 is 0. The molecule has 0 radical (unpaired) electrons. The molecule has 0 N–H and O–H groups in total. The number of halogens is 2. The van der Waals surface area contributed by atoms with Gasteiger partial charge in [0.1, 0.15) is 11.6 Å². The van der Waals surface area contributed by atoms with E-state index in [1.54, 1.807) is 0 Å². The highest BCUT2D eigenvalue weighted by Gasteiger charge is 2.35. The average molecular weight is 267 g/mol. The Hall–Kier alpha value is -1.29. The van der Waals surface area contributed by atoms with Crippen LogP contribution in [0.1, 0.15) is 32.3 Å². The molecule has 1 aliphatic rings. The quantitative estimate of drug-likeness (QED) is 0.836. The first-order chi connectivity index (χ1) is 8.91. The van der Waals surface area contributed by atoms with E-state index < -0.39 is 17.2 Å². The fourth-order valence-electron chi connectivity index (χ4n) is 2.52. The van der Waals surface area contributed by atoms with E-state index in [4.69, 9.17) is 0 Å². The smallest absolute Gasteiger partial charge is 0.156 e. The topological polar surface area (TPSA) is 20.3 Å². The van der Waals surface area contributed by atoms with Crippen molar-refractivity contribution in [3.63, 3.8) is 0 Å². The number of Topliss-reactive ketones (excluding diaryl/α,β-unsaturated/α-hetero) is 1. The first-order valence-electron chi connectivity index (χ1n) is 6.63. The van der Waals surface area contributed by atoms with Crippen LogP contribution in [0.4, 0.5) is 8.78 Å². The maximum atomic E-state index is 13.6. The highest BCUT2D eigenvalue weighted by atomic mass is 19.1. The Morgan fingerprint density at radius 1 is 1.26 bits per heavy atom. The average Bonchev–Trinajstić information content (AvgIpc) is 2.88. The van der Waals surface area contributed by atoms with Crippen molar-refractivity contribution in [2.45, 2.75) is 38.6 Å². The number of likely N-dealkylation sites (tertiary alicyclic amines) is 1. The molecule has 0 aromatic heterocycles. The molecule has 0 atom stereocenters. The lowest BCUT2D eigenvalue weighted by atomic mass is 9.92. The molecule has 0 aliphatic carbocycles. The van der Waals surface area contributed by atoms with Gasteiger partial charge in [0, 0.05) is 6.42 Å². The molecule has 0 saturated carbocycles. The summed E-state index contributed by atoms with van der Waals surface area (Å²) in [6.45, 7) is 5.50. The minimum atomic E-state index is -0.616. The molecule has 1 aromatic rings. The maximum absolute atomic E-state index is 13.6. The summed E-state index contributed by atoms with van der Waals surface area (Å²) in [7, 11) is 0. The summed E-state index contributed by atoms with van der Waals surface area (Å²) in [5.74, 6) is -1.10. The van der Waals surface area contributed by atoms with Gasteiger partial charge >= 0.3 is 0 Å². The molecule has 1 aliphatic heterocycles. The molecule has 0 bridgehead atoms. The van der Waals surface area contributed by atoms with Crippen molar-refractivity contribution in [2.24, 2.45) is 0 Å². The van der Waals surface area contributed by atoms with E-state index in [1.807, 2.05) is 13.8 Å². The Balaban J connectivity index is 2.13. The van der Waals surface area contributed by atoms with E-state index in [1.165, 1.54) is 0 Å². The second-order valence-electron chi connectivity index (χ2n) is 5.59. The van der Waals surface area contributed by atoms with E-state index in [0.29, 0.717) is 0 Å². The van der Waals surface area contributed by atoms with E-state index in [9.17, 15) is 13.6 Å². The highest BCUT2D eigenvalue weighted by Crippen LogP contribution is 2.24. The number of carbonyl (C=O) groups excluding carboxylic acids is 1. The largest absolute Gasteiger partial charge is 0.297 e. The number of ketones is 1. The van der Waals surface area contributed by atoms with Crippen molar-refractivity contribution in [2.75, 3.05) is 13.1 Å². The van der Waals surface area contributed by atoms with E-state index in [0.717, 1.165) is 44.1 Å². The molecule has 1 heterocycles. The maximum Gasteiger partial charge on any atom is 0.156 e. The second kappa shape index (κ2) is 5.37. The zero-order valence-electron chi connectivity index (χ0n) is 11.4. The predicted molar refractivity (Wildman–Crippen MR) is 70.0 cm³/mol. The Morgan fingerprint density at radius 3 is 2.53 bits per heavy atom. The van der Waals surface area contributed by atoms with Crippen molar-refractivity contribution < 1.29 is 13.6 Å². The molecule has 0 spiro atoms. The number of carbonyl (C=O) groups is 1. The highest BCUT2D eigenvalue weighted by molar-refractivity contribution is 5.89. The molecule has 2 rings (SSSR count). The van der Waals surface area contributed by atoms with Gasteiger partial charge in [-0.25, -0.2) is 8.78 Å². The van der Waals surface area contributed by atoms with Crippen LogP contribution in [0, 0.1) is 11.6 Å². The van der Waals surface area contributed by atoms with Gasteiger partial charge in [0.2, 0.25) is 0 Å². The summed E-state index contributed by atoms with van der Waals surface area (Å²) in [4.78, 5) is 14.5. The third kappa shape index (κ3) is 3.00. The van der Waals surface area contributed by atoms with Crippen molar-refractivity contribution in [1.82, 2.24) is 4.90 Å². The van der Waals surface area contributed by atoms with Crippen LogP contribution in [0.15, 0.2) is 18.2 Å². The predicted octanol–water partition coefficient (Wildman–Crippen LogP) is 2.95. The molecule has 104 valence electrons. The third-order valence-corrected chi connectivity index (χ3v) is 3.94. The molecule has 0 unspecified atom stereocenters. The normalized spacial score (nSPS) is 16.8. The number of hydrogen-bond acceptors (Lipinski definition) is 2. The Bertz CT molecular complexity index is 479. The molecule has 0 amide bonds. The fraction of sp³-hybridized carbons (Fsp3) is 0.533. The Morgan fingerprint density at radius 2 is 1.89 bits per heavy atom. The zero-order valence-corrected chi connectivity index (χ0v) is 11.4. The van der Waals surface area contributed by atoms with Crippen molar-refractivity contribution >= 4 is 5.78 Å². The summed E-state index contributed by atoms with van der Waals surface area (Å²) in [6, 6.07) is 3.24. The SMILES string of the molecule is CC(C)(C(=O)Cc1cc(F)ccc1F)N1CCCC1. The molecule has 2 nitrogen and oxygen atoms in total. The first kappa shape index (κ1) is 14.1. The Labute approximate surface area is 112 Å². The van der Waals surface area contributed by atoms with Crippen LogP contribution in [0.2, 0.25) is 0 Å². The van der Waals surface area contributed by atoms with Crippen molar-refractivity contribution in [1.29, 1.82) is 0 Å². The standard InChI is InChI=1S/C15H19F2NO/c1-15(2,18-7-3-4-8-18)14(19)10-11-9-12(16)5-6-13(11)17/h5-6,9H,3-4,7-8,10H2,1-2H3. The Kier molecular flexibility index (Phi) is 3.99. The van der Waals surface area contributed by atoms with Crippen LogP contribution in [0.5, 0.6) is 0 Å². The van der Waals surface area contributed by atoms with Gasteiger partial charge < -0.3 is 0 Å².